The van der Waals surface area contributed by atoms with Crippen LogP contribution in [-0.4, -0.2) is 50.0 Å². The number of carbonyl (C=O) groups is 1. The van der Waals surface area contributed by atoms with Crippen LogP contribution in [0.5, 0.6) is 5.88 Å². The second-order valence-electron chi connectivity index (χ2n) is 5.52. The molecular formula is C15H13F3N2O5S2. The molecule has 0 aliphatic carbocycles. The molecule has 0 N–H and O–H groups in total. The summed E-state index contributed by atoms with van der Waals surface area (Å²) in [5, 5.41) is 1.44. The Morgan fingerprint density at radius 3 is 2.67 bits per heavy atom. The normalized spacial score (nSPS) is 16.0. The topological polar surface area (TPSA) is 85.8 Å². The SMILES string of the molecule is COC(=O)c1sccc1S(=O)(=O)N1CC(Oc2ncccc2C(F)(F)F)C1. The lowest BCUT2D eigenvalue weighted by Gasteiger charge is -2.37. The molecule has 0 bridgehead atoms. The number of thiophene rings is 1. The van der Waals surface area contributed by atoms with Gasteiger partial charge in [0.1, 0.15) is 21.4 Å². The number of rotatable bonds is 5. The molecule has 1 aliphatic rings. The molecule has 0 radical (unpaired) electrons. The number of sulfonamides is 1. The highest BCUT2D eigenvalue weighted by Gasteiger charge is 2.42. The van der Waals surface area contributed by atoms with Crippen molar-refractivity contribution in [2.75, 3.05) is 20.2 Å². The lowest BCUT2D eigenvalue weighted by Crippen LogP contribution is -2.56. The quantitative estimate of drug-likeness (QED) is 0.688. The molecule has 3 heterocycles. The first-order valence-corrected chi connectivity index (χ1v) is 9.81. The Balaban J connectivity index is 1.72. The lowest BCUT2D eigenvalue weighted by molar-refractivity contribution is -0.140. The molecule has 27 heavy (non-hydrogen) atoms. The fourth-order valence-electron chi connectivity index (χ4n) is 2.41. The van der Waals surface area contributed by atoms with Gasteiger partial charge in [-0.1, -0.05) is 0 Å². The monoisotopic (exact) mass is 422 g/mol. The van der Waals surface area contributed by atoms with Gasteiger partial charge in [0, 0.05) is 6.20 Å². The van der Waals surface area contributed by atoms with Crippen LogP contribution >= 0.6 is 11.3 Å². The van der Waals surface area contributed by atoms with Crippen molar-refractivity contribution in [1.29, 1.82) is 0 Å². The van der Waals surface area contributed by atoms with Crippen molar-refractivity contribution in [1.82, 2.24) is 9.29 Å². The van der Waals surface area contributed by atoms with Crippen molar-refractivity contribution in [3.63, 3.8) is 0 Å². The van der Waals surface area contributed by atoms with Crippen LogP contribution in [0.4, 0.5) is 13.2 Å². The van der Waals surface area contributed by atoms with Crippen LogP contribution in [0.2, 0.25) is 0 Å². The van der Waals surface area contributed by atoms with E-state index in [4.69, 9.17) is 4.74 Å². The van der Waals surface area contributed by atoms with Gasteiger partial charge in [0.2, 0.25) is 15.9 Å². The van der Waals surface area contributed by atoms with Gasteiger partial charge in [-0.3, -0.25) is 0 Å². The van der Waals surface area contributed by atoms with Gasteiger partial charge in [0.25, 0.3) is 0 Å². The molecule has 0 amide bonds. The molecule has 2 aromatic heterocycles. The fraction of sp³-hybridized carbons (Fsp3) is 0.333. The molecular weight excluding hydrogens is 409 g/mol. The number of carbonyl (C=O) groups excluding carboxylic acids is 1. The lowest BCUT2D eigenvalue weighted by atomic mass is 10.2. The highest BCUT2D eigenvalue weighted by atomic mass is 32.2. The number of ether oxygens (including phenoxy) is 2. The van der Waals surface area contributed by atoms with Gasteiger partial charge in [-0.2, -0.15) is 17.5 Å². The van der Waals surface area contributed by atoms with E-state index in [1.807, 2.05) is 0 Å². The molecule has 0 spiro atoms. The zero-order valence-corrected chi connectivity index (χ0v) is 15.4. The molecule has 0 saturated carbocycles. The van der Waals surface area contributed by atoms with E-state index in [0.29, 0.717) is 0 Å². The van der Waals surface area contributed by atoms with E-state index in [0.717, 1.165) is 41.1 Å². The third kappa shape index (κ3) is 3.77. The second-order valence-corrected chi connectivity index (χ2v) is 8.34. The van der Waals surface area contributed by atoms with Gasteiger partial charge in [-0.05, 0) is 23.6 Å². The van der Waals surface area contributed by atoms with Gasteiger partial charge in [-0.25, -0.2) is 18.2 Å². The molecule has 0 unspecified atom stereocenters. The van der Waals surface area contributed by atoms with E-state index in [2.05, 4.69) is 9.72 Å². The van der Waals surface area contributed by atoms with Crippen molar-refractivity contribution in [2.24, 2.45) is 0 Å². The summed E-state index contributed by atoms with van der Waals surface area (Å²) in [5.74, 6) is -1.38. The maximum absolute atomic E-state index is 13.0. The Labute approximate surface area is 156 Å². The molecule has 2 aromatic rings. The summed E-state index contributed by atoms with van der Waals surface area (Å²) in [5.41, 5.74) is -1.03. The van der Waals surface area contributed by atoms with Crippen molar-refractivity contribution in [3.05, 3.63) is 40.2 Å². The minimum atomic E-state index is -4.63. The Morgan fingerprint density at radius 1 is 1.33 bits per heavy atom. The minimum absolute atomic E-state index is 0.0639. The molecule has 1 saturated heterocycles. The van der Waals surface area contributed by atoms with Crippen molar-refractivity contribution >= 4 is 27.3 Å². The molecule has 7 nitrogen and oxygen atoms in total. The zero-order chi connectivity index (χ0) is 19.8. The summed E-state index contributed by atoms with van der Waals surface area (Å²) < 4.78 is 74.9. The predicted octanol–water partition coefficient (Wildman–Crippen LogP) is 2.40. The van der Waals surface area contributed by atoms with Crippen molar-refractivity contribution in [2.45, 2.75) is 17.2 Å². The number of alkyl halides is 3. The Bertz CT molecular complexity index is 952. The molecule has 1 fully saturated rings. The molecule has 0 aromatic carbocycles. The van der Waals surface area contributed by atoms with Gasteiger partial charge >= 0.3 is 12.1 Å². The Kier molecular flexibility index (Phi) is 5.14. The van der Waals surface area contributed by atoms with Crippen LogP contribution in [0.3, 0.4) is 0 Å². The van der Waals surface area contributed by atoms with Gasteiger partial charge < -0.3 is 9.47 Å². The average Bonchev–Trinajstić information content (AvgIpc) is 3.07. The third-order valence-corrected chi connectivity index (χ3v) is 6.68. The smallest absolute Gasteiger partial charge is 0.421 e. The number of esters is 1. The van der Waals surface area contributed by atoms with Crippen LogP contribution < -0.4 is 4.74 Å². The number of aromatic nitrogens is 1. The minimum Gasteiger partial charge on any atom is -0.471 e. The van der Waals surface area contributed by atoms with Crippen LogP contribution in [0.25, 0.3) is 0 Å². The average molecular weight is 422 g/mol. The molecule has 1 aliphatic heterocycles. The Morgan fingerprint density at radius 2 is 2.04 bits per heavy atom. The van der Waals surface area contributed by atoms with Gasteiger partial charge in [0.15, 0.2) is 0 Å². The van der Waals surface area contributed by atoms with E-state index in [1.165, 1.54) is 11.4 Å². The second kappa shape index (κ2) is 7.09. The number of hydrogen-bond donors (Lipinski definition) is 0. The van der Waals surface area contributed by atoms with E-state index < -0.39 is 39.7 Å². The first kappa shape index (κ1) is 19.6. The summed E-state index contributed by atoms with van der Waals surface area (Å²) in [6.45, 7) is -0.320. The highest BCUT2D eigenvalue weighted by molar-refractivity contribution is 7.89. The molecule has 146 valence electrons. The van der Waals surface area contributed by atoms with E-state index in [9.17, 15) is 26.4 Å². The van der Waals surface area contributed by atoms with E-state index >= 15 is 0 Å². The Hall–Kier alpha value is -2.18. The standard InChI is InChI=1S/C15H13F3N2O5S2/c1-24-14(21)12-11(4-6-26-12)27(22,23)20-7-9(8-20)25-13-10(15(16,17)18)3-2-5-19-13/h2-6,9H,7-8H2,1H3. The van der Waals surface area contributed by atoms with Crippen LogP contribution in [0, 0.1) is 0 Å². The van der Waals surface area contributed by atoms with Crippen molar-refractivity contribution < 1.29 is 35.9 Å². The summed E-state index contributed by atoms with van der Waals surface area (Å²) in [6, 6.07) is 3.25. The van der Waals surface area contributed by atoms with Gasteiger partial charge in [-0.15, -0.1) is 11.3 Å². The number of nitrogens with zero attached hydrogens (tertiary/aromatic N) is 2. The van der Waals surface area contributed by atoms with E-state index in [1.54, 1.807) is 0 Å². The number of methoxy groups -OCH3 is 1. The zero-order valence-electron chi connectivity index (χ0n) is 13.8. The maximum atomic E-state index is 13.0. The highest BCUT2D eigenvalue weighted by Crippen LogP contribution is 2.36. The summed E-state index contributed by atoms with van der Waals surface area (Å²) in [6.07, 6.45) is -4.26. The predicted molar refractivity (Wildman–Crippen MR) is 88.1 cm³/mol. The summed E-state index contributed by atoms with van der Waals surface area (Å²) >= 11 is 0.923. The third-order valence-electron chi connectivity index (χ3n) is 3.79. The summed E-state index contributed by atoms with van der Waals surface area (Å²) in [4.78, 5) is 15.0. The summed E-state index contributed by atoms with van der Waals surface area (Å²) in [7, 11) is -2.85. The van der Waals surface area contributed by atoms with Crippen LogP contribution in [-0.2, 0) is 20.9 Å². The molecule has 12 heteroatoms. The number of hydrogen-bond acceptors (Lipinski definition) is 7. The first-order chi connectivity index (χ1) is 12.6. The first-order valence-electron chi connectivity index (χ1n) is 7.49. The molecule has 0 atom stereocenters. The number of halogens is 3. The van der Waals surface area contributed by atoms with Crippen LogP contribution in [0.1, 0.15) is 15.2 Å². The maximum Gasteiger partial charge on any atom is 0.421 e. The largest absolute Gasteiger partial charge is 0.471 e. The fourth-order valence-corrected chi connectivity index (χ4v) is 5.22. The number of pyridine rings is 1. The molecule has 3 rings (SSSR count). The van der Waals surface area contributed by atoms with Crippen molar-refractivity contribution in [3.8, 4) is 5.88 Å². The van der Waals surface area contributed by atoms with Crippen LogP contribution in [0.15, 0.2) is 34.7 Å². The van der Waals surface area contributed by atoms with Gasteiger partial charge in [0.05, 0.1) is 20.2 Å². The van der Waals surface area contributed by atoms with E-state index in [-0.39, 0.29) is 22.9 Å².